The topological polar surface area (TPSA) is 40.9 Å². The van der Waals surface area contributed by atoms with Crippen LogP contribution < -0.4 is 0 Å². The quantitative estimate of drug-likeness (QED) is 0.798. The molecule has 1 aromatic carbocycles. The van der Waals surface area contributed by atoms with Gasteiger partial charge < -0.3 is 0 Å². The maximum Gasteiger partial charge on any atom is 0.140 e. The molecule has 0 spiro atoms. The van der Waals surface area contributed by atoms with Crippen molar-refractivity contribution in [3.63, 3.8) is 0 Å². The fraction of sp³-hybridized carbons (Fsp3) is 0.600. The molecule has 1 fully saturated rings. The molecule has 2 nitrogen and oxygen atoms in total. The molecule has 0 amide bonds. The Hall–Kier alpha value is -1.62. The van der Waals surface area contributed by atoms with Gasteiger partial charge in [-0.15, -0.1) is 0 Å². The van der Waals surface area contributed by atoms with Gasteiger partial charge >= 0.3 is 0 Å². The molecule has 1 aromatic rings. The number of rotatable bonds is 5. The SMILES string of the molecule is CC(C)[C@@H]1CC[C@@H](C)C[C@@H]1C(=O)Cc1ccc(CC#N)cc1. The largest absolute Gasteiger partial charge is 0.299 e. The van der Waals surface area contributed by atoms with E-state index in [1.165, 1.54) is 12.8 Å². The van der Waals surface area contributed by atoms with Crippen LogP contribution in [-0.4, -0.2) is 5.78 Å². The third-order valence-corrected chi connectivity index (χ3v) is 5.12. The fourth-order valence-electron chi connectivity index (χ4n) is 3.77. The Balaban J connectivity index is 2.04. The molecular formula is C20H27NO. The molecule has 0 unspecified atom stereocenters. The lowest BCUT2D eigenvalue weighted by Gasteiger charge is -2.36. The van der Waals surface area contributed by atoms with Crippen molar-refractivity contribution in [1.29, 1.82) is 5.26 Å². The lowest BCUT2D eigenvalue weighted by Crippen LogP contribution is -2.34. The minimum absolute atomic E-state index is 0.225. The second-order valence-electron chi connectivity index (χ2n) is 7.23. The second-order valence-corrected chi connectivity index (χ2v) is 7.23. The Labute approximate surface area is 134 Å². The lowest BCUT2D eigenvalue weighted by atomic mass is 9.68. The molecule has 1 aliphatic rings. The lowest BCUT2D eigenvalue weighted by molar-refractivity contribution is -0.126. The van der Waals surface area contributed by atoms with E-state index in [0.29, 0.717) is 36.4 Å². The molecule has 0 N–H and O–H groups in total. The van der Waals surface area contributed by atoms with Crippen LogP contribution in [0.4, 0.5) is 0 Å². The van der Waals surface area contributed by atoms with Gasteiger partial charge in [0.1, 0.15) is 5.78 Å². The van der Waals surface area contributed by atoms with E-state index in [1.807, 2.05) is 24.3 Å². The van der Waals surface area contributed by atoms with Gasteiger partial charge in [0.25, 0.3) is 0 Å². The number of carbonyl (C=O) groups is 1. The third-order valence-electron chi connectivity index (χ3n) is 5.12. The van der Waals surface area contributed by atoms with Gasteiger partial charge in [-0.05, 0) is 41.7 Å². The van der Waals surface area contributed by atoms with Crippen LogP contribution in [0.15, 0.2) is 24.3 Å². The zero-order valence-corrected chi connectivity index (χ0v) is 14.0. The number of nitriles is 1. The maximum atomic E-state index is 12.8. The van der Waals surface area contributed by atoms with Crippen molar-refractivity contribution in [3.05, 3.63) is 35.4 Å². The molecule has 0 aliphatic heterocycles. The number of benzene rings is 1. The molecule has 22 heavy (non-hydrogen) atoms. The van der Waals surface area contributed by atoms with Gasteiger partial charge in [-0.3, -0.25) is 4.79 Å². The molecule has 0 aromatic heterocycles. The van der Waals surface area contributed by atoms with E-state index in [9.17, 15) is 4.79 Å². The summed E-state index contributed by atoms with van der Waals surface area (Å²) in [4.78, 5) is 12.8. The molecule has 0 saturated heterocycles. The summed E-state index contributed by atoms with van der Waals surface area (Å²) in [6, 6.07) is 10.1. The Morgan fingerprint density at radius 1 is 1.23 bits per heavy atom. The number of hydrogen-bond acceptors (Lipinski definition) is 2. The van der Waals surface area contributed by atoms with E-state index < -0.39 is 0 Å². The first-order chi connectivity index (χ1) is 10.5. The summed E-state index contributed by atoms with van der Waals surface area (Å²) in [7, 11) is 0. The van der Waals surface area contributed by atoms with Crippen molar-refractivity contribution >= 4 is 5.78 Å². The minimum Gasteiger partial charge on any atom is -0.299 e. The van der Waals surface area contributed by atoms with Crippen molar-refractivity contribution in [2.75, 3.05) is 0 Å². The van der Waals surface area contributed by atoms with Gasteiger partial charge in [-0.25, -0.2) is 0 Å². The highest BCUT2D eigenvalue weighted by atomic mass is 16.1. The highest BCUT2D eigenvalue weighted by Gasteiger charge is 2.34. The molecule has 0 heterocycles. The van der Waals surface area contributed by atoms with Crippen LogP contribution >= 0.6 is 0 Å². The Kier molecular flexibility index (Phi) is 5.77. The molecule has 0 bridgehead atoms. The van der Waals surface area contributed by atoms with Crippen molar-refractivity contribution in [2.24, 2.45) is 23.7 Å². The van der Waals surface area contributed by atoms with Gasteiger partial charge in [-0.1, -0.05) is 51.5 Å². The van der Waals surface area contributed by atoms with Crippen molar-refractivity contribution in [1.82, 2.24) is 0 Å². The predicted octanol–water partition coefficient (Wildman–Crippen LogP) is 4.57. The van der Waals surface area contributed by atoms with E-state index >= 15 is 0 Å². The second kappa shape index (κ2) is 7.58. The van der Waals surface area contributed by atoms with Gasteiger partial charge in [0.2, 0.25) is 0 Å². The average molecular weight is 297 g/mol. The number of nitrogens with zero attached hydrogens (tertiary/aromatic N) is 1. The summed E-state index contributed by atoms with van der Waals surface area (Å²) in [6.07, 6.45) is 4.47. The van der Waals surface area contributed by atoms with Crippen LogP contribution in [0.3, 0.4) is 0 Å². The Morgan fingerprint density at radius 3 is 2.45 bits per heavy atom. The zero-order valence-electron chi connectivity index (χ0n) is 14.0. The summed E-state index contributed by atoms with van der Waals surface area (Å²) in [5.41, 5.74) is 2.09. The monoisotopic (exact) mass is 297 g/mol. The van der Waals surface area contributed by atoms with Crippen molar-refractivity contribution in [3.8, 4) is 6.07 Å². The summed E-state index contributed by atoms with van der Waals surface area (Å²) in [6.45, 7) is 6.77. The van der Waals surface area contributed by atoms with E-state index in [4.69, 9.17) is 5.26 Å². The Morgan fingerprint density at radius 2 is 1.86 bits per heavy atom. The highest BCUT2D eigenvalue weighted by molar-refractivity contribution is 5.83. The third kappa shape index (κ3) is 4.19. The predicted molar refractivity (Wildman–Crippen MR) is 89.3 cm³/mol. The molecule has 2 rings (SSSR count). The summed E-state index contributed by atoms with van der Waals surface area (Å²) < 4.78 is 0. The highest BCUT2D eigenvalue weighted by Crippen LogP contribution is 2.38. The molecular weight excluding hydrogens is 270 g/mol. The minimum atomic E-state index is 0.225. The van der Waals surface area contributed by atoms with E-state index in [2.05, 4.69) is 26.8 Å². The van der Waals surface area contributed by atoms with Crippen molar-refractivity contribution < 1.29 is 4.79 Å². The number of ketones is 1. The maximum absolute atomic E-state index is 12.8. The van der Waals surface area contributed by atoms with E-state index in [-0.39, 0.29) is 5.92 Å². The summed E-state index contributed by atoms with van der Waals surface area (Å²) in [5.74, 6) is 2.42. The van der Waals surface area contributed by atoms with Crippen LogP contribution in [-0.2, 0) is 17.6 Å². The molecule has 118 valence electrons. The first kappa shape index (κ1) is 16.7. The van der Waals surface area contributed by atoms with Crippen LogP contribution in [0.2, 0.25) is 0 Å². The zero-order chi connectivity index (χ0) is 16.1. The summed E-state index contributed by atoms with van der Waals surface area (Å²) in [5, 5.41) is 8.71. The van der Waals surface area contributed by atoms with Crippen LogP contribution in [0, 0.1) is 35.0 Å². The molecule has 1 saturated carbocycles. The van der Waals surface area contributed by atoms with Crippen LogP contribution in [0.1, 0.15) is 51.2 Å². The summed E-state index contributed by atoms with van der Waals surface area (Å²) >= 11 is 0. The van der Waals surface area contributed by atoms with E-state index in [1.54, 1.807) is 0 Å². The van der Waals surface area contributed by atoms with Crippen molar-refractivity contribution in [2.45, 2.75) is 52.9 Å². The first-order valence-corrected chi connectivity index (χ1v) is 8.48. The first-order valence-electron chi connectivity index (χ1n) is 8.48. The van der Waals surface area contributed by atoms with Gasteiger partial charge in [0, 0.05) is 12.3 Å². The standard InChI is InChI=1S/C20H27NO/c1-14(2)18-9-4-15(3)12-19(18)20(22)13-17-7-5-16(6-8-17)10-11-21/h5-8,14-15,18-19H,4,9-10,12-13H2,1-3H3/t15-,18+,19+/m1/s1. The molecule has 0 radical (unpaired) electrons. The van der Waals surface area contributed by atoms with Gasteiger partial charge in [0.15, 0.2) is 0 Å². The van der Waals surface area contributed by atoms with Crippen LogP contribution in [0.5, 0.6) is 0 Å². The smallest absolute Gasteiger partial charge is 0.140 e. The number of Topliss-reactive ketones (excluding diaryl/α,β-unsaturated/α-hetero) is 1. The van der Waals surface area contributed by atoms with Gasteiger partial charge in [-0.2, -0.15) is 5.26 Å². The Bertz CT molecular complexity index is 538. The number of carbonyl (C=O) groups excluding carboxylic acids is 1. The fourth-order valence-corrected chi connectivity index (χ4v) is 3.77. The average Bonchev–Trinajstić information content (AvgIpc) is 2.49. The van der Waals surface area contributed by atoms with E-state index in [0.717, 1.165) is 17.5 Å². The molecule has 2 heteroatoms. The van der Waals surface area contributed by atoms with Gasteiger partial charge in [0.05, 0.1) is 12.5 Å². The normalized spacial score (nSPS) is 25.0. The number of hydrogen-bond donors (Lipinski definition) is 0. The molecule has 3 atom stereocenters. The molecule has 1 aliphatic carbocycles. The van der Waals surface area contributed by atoms with Crippen LogP contribution in [0.25, 0.3) is 0 Å².